The van der Waals surface area contributed by atoms with Crippen LogP contribution in [0.2, 0.25) is 0 Å². The molecule has 10 heteroatoms. The van der Waals surface area contributed by atoms with Gasteiger partial charge in [0.15, 0.2) is 0 Å². The van der Waals surface area contributed by atoms with Crippen molar-refractivity contribution in [1.82, 2.24) is 10.3 Å². The van der Waals surface area contributed by atoms with Gasteiger partial charge >= 0.3 is 11.3 Å². The Bertz CT molecular complexity index is 1630. The van der Waals surface area contributed by atoms with Crippen LogP contribution in [0.3, 0.4) is 0 Å². The molecule has 33 heavy (non-hydrogen) atoms. The average Bonchev–Trinajstić information content (AvgIpc) is 3.38. The summed E-state index contributed by atoms with van der Waals surface area (Å²) >= 11 is 1.00. The van der Waals surface area contributed by atoms with Gasteiger partial charge in [-0.25, -0.2) is 9.78 Å². The zero-order chi connectivity index (χ0) is 23.1. The molecule has 0 unspecified atom stereocenters. The Kier molecular flexibility index (Phi) is 4.73. The molecule has 0 atom stereocenters. The summed E-state index contributed by atoms with van der Waals surface area (Å²) in [6.07, 6.45) is 0. The molecule has 9 nitrogen and oxygen atoms in total. The van der Waals surface area contributed by atoms with Crippen LogP contribution >= 0.6 is 11.3 Å². The maximum Gasteiger partial charge on any atom is 0.439 e. The van der Waals surface area contributed by atoms with Gasteiger partial charge < -0.3 is 11.5 Å². The van der Waals surface area contributed by atoms with Crippen LogP contribution in [0.25, 0.3) is 27.0 Å². The van der Waals surface area contributed by atoms with Gasteiger partial charge in [0.05, 0.1) is 5.69 Å². The number of hydrogen-bond donors (Lipinski definition) is 3. The Morgan fingerprint density at radius 3 is 2.42 bits per heavy atom. The molecule has 3 aromatic heterocycles. The number of anilines is 2. The molecular formula is C23H15N6O3S+. The number of ketones is 1. The summed E-state index contributed by atoms with van der Waals surface area (Å²) in [4.78, 5) is 30.7. The Labute approximate surface area is 190 Å². The van der Waals surface area contributed by atoms with Crippen LogP contribution in [0, 0.1) is 11.3 Å². The number of fused-ring (bicyclic) bond motifs is 1. The molecule has 0 fully saturated rings. The highest BCUT2D eigenvalue weighted by molar-refractivity contribution is 7.21. The third kappa shape index (κ3) is 3.15. The Hall–Kier alpha value is -4.75. The van der Waals surface area contributed by atoms with Gasteiger partial charge in [-0.15, -0.1) is 11.3 Å². The average molecular weight is 455 g/mol. The highest BCUT2D eigenvalue weighted by Crippen LogP contribution is 2.42. The van der Waals surface area contributed by atoms with Crippen LogP contribution in [0.4, 0.5) is 11.5 Å². The fourth-order valence-electron chi connectivity index (χ4n) is 3.68. The second-order valence-electron chi connectivity index (χ2n) is 7.08. The van der Waals surface area contributed by atoms with E-state index in [-0.39, 0.29) is 27.6 Å². The van der Waals surface area contributed by atoms with Crippen molar-refractivity contribution in [2.24, 2.45) is 0 Å². The monoisotopic (exact) mass is 455 g/mol. The van der Waals surface area contributed by atoms with Crippen molar-refractivity contribution < 1.29 is 14.0 Å². The first-order chi connectivity index (χ1) is 16.0. The Morgan fingerprint density at radius 2 is 1.76 bits per heavy atom. The normalized spacial score (nSPS) is 10.9. The van der Waals surface area contributed by atoms with E-state index < -0.39 is 11.4 Å². The first-order valence-corrected chi connectivity index (χ1v) is 10.5. The van der Waals surface area contributed by atoms with Crippen LogP contribution < -0.4 is 21.8 Å². The molecule has 2 aromatic carbocycles. The summed E-state index contributed by atoms with van der Waals surface area (Å²) in [5.41, 5.74) is 13.4. The summed E-state index contributed by atoms with van der Waals surface area (Å²) in [5, 5.41) is 12.6. The van der Waals surface area contributed by atoms with E-state index in [1.165, 1.54) is 4.68 Å². The molecule has 0 aliphatic carbocycles. The summed E-state index contributed by atoms with van der Waals surface area (Å²) in [6, 6.07) is 20.0. The maximum absolute atomic E-state index is 13.5. The molecule has 160 valence electrons. The van der Waals surface area contributed by atoms with Crippen LogP contribution in [0.15, 0.2) is 70.0 Å². The second kappa shape index (κ2) is 7.74. The summed E-state index contributed by atoms with van der Waals surface area (Å²) in [7, 11) is 0. The number of hydrogen-bond acceptors (Lipinski definition) is 8. The molecule has 0 saturated heterocycles. The number of H-pyrrole nitrogens is 1. The van der Waals surface area contributed by atoms with Gasteiger partial charge in [0.1, 0.15) is 27.2 Å². The molecule has 0 aliphatic heterocycles. The minimum absolute atomic E-state index is 0.0320. The molecule has 0 radical (unpaired) electrons. The van der Waals surface area contributed by atoms with E-state index in [0.29, 0.717) is 27.0 Å². The molecular weight excluding hydrogens is 440 g/mol. The predicted molar refractivity (Wildman–Crippen MR) is 123 cm³/mol. The van der Waals surface area contributed by atoms with Gasteiger partial charge in [-0.2, -0.15) is 5.26 Å². The van der Waals surface area contributed by atoms with Gasteiger partial charge in [0, 0.05) is 23.1 Å². The fourth-order valence-corrected chi connectivity index (χ4v) is 4.73. The van der Waals surface area contributed by atoms with E-state index in [2.05, 4.69) is 16.3 Å². The maximum atomic E-state index is 13.5. The molecule has 0 aliphatic rings. The van der Waals surface area contributed by atoms with E-state index in [0.717, 1.165) is 11.3 Å². The van der Waals surface area contributed by atoms with Crippen LogP contribution in [-0.4, -0.2) is 16.0 Å². The molecule has 0 spiro atoms. The highest BCUT2D eigenvalue weighted by atomic mass is 32.1. The second-order valence-corrected chi connectivity index (χ2v) is 8.08. The summed E-state index contributed by atoms with van der Waals surface area (Å²) in [5.74, 6) is -0.602. The number of benzene rings is 2. The third-order valence-electron chi connectivity index (χ3n) is 5.16. The quantitative estimate of drug-likeness (QED) is 0.278. The standard InChI is InChI=1S/C23H14N6O3S/c24-11-14-15(12-7-3-1-4-8-12)16-17(25)20(33-22(16)27-21(14)26)19(30)18-23(31)32-28-29(18)13-9-5-2-6-10-13/h1-10H,(H4-,25,26,27,28,30,31)/p+1. The molecule has 0 amide bonds. The van der Waals surface area contributed by atoms with Crippen molar-refractivity contribution in [1.29, 1.82) is 5.26 Å². The van der Waals surface area contributed by atoms with Gasteiger partial charge in [0.25, 0.3) is 5.78 Å². The molecule has 5 N–H and O–H groups in total. The van der Waals surface area contributed by atoms with E-state index in [1.807, 2.05) is 36.4 Å². The van der Waals surface area contributed by atoms with Gasteiger partial charge in [-0.05, 0) is 15.5 Å². The van der Waals surface area contributed by atoms with Crippen LogP contribution in [0.5, 0.6) is 0 Å². The highest BCUT2D eigenvalue weighted by Gasteiger charge is 2.35. The summed E-state index contributed by atoms with van der Waals surface area (Å²) < 4.78 is 6.16. The molecule has 0 bridgehead atoms. The molecule has 0 saturated carbocycles. The Morgan fingerprint density at radius 1 is 1.09 bits per heavy atom. The van der Waals surface area contributed by atoms with Gasteiger partial charge in [-0.1, -0.05) is 48.5 Å². The predicted octanol–water partition coefficient (Wildman–Crippen LogP) is 2.79. The van der Waals surface area contributed by atoms with Crippen LogP contribution in [-0.2, 0) is 0 Å². The first kappa shape index (κ1) is 20.2. The number of nitrogens with two attached hydrogens (primary N) is 2. The number of nitrogen functional groups attached to an aromatic ring is 2. The first-order valence-electron chi connectivity index (χ1n) is 9.72. The van der Waals surface area contributed by atoms with E-state index in [9.17, 15) is 14.9 Å². The number of carbonyl (C=O) groups excluding carboxylic acids is 1. The van der Waals surface area contributed by atoms with Crippen molar-refractivity contribution in [2.75, 3.05) is 11.5 Å². The zero-order valence-electron chi connectivity index (χ0n) is 16.9. The van der Waals surface area contributed by atoms with E-state index >= 15 is 0 Å². The number of nitrogens with one attached hydrogen (secondary N) is 1. The molecule has 3 heterocycles. The van der Waals surface area contributed by atoms with E-state index in [4.69, 9.17) is 16.0 Å². The Balaban J connectivity index is 1.77. The minimum atomic E-state index is -0.839. The number of rotatable bonds is 4. The lowest BCUT2D eigenvalue weighted by Gasteiger charge is -2.09. The SMILES string of the molecule is N#Cc1c(N)nc2sc(C(=O)c3c(=O)o[nH][n+]3-c3ccccc3)c(N)c2c1-c1ccccc1. The number of nitriles is 1. The lowest BCUT2D eigenvalue weighted by atomic mass is 9.97. The third-order valence-corrected chi connectivity index (χ3v) is 6.26. The fraction of sp³-hybridized carbons (Fsp3) is 0. The van der Waals surface area contributed by atoms with Gasteiger partial charge in [-0.3, -0.25) is 9.32 Å². The topological polar surface area (TPSA) is 156 Å². The van der Waals surface area contributed by atoms with Crippen LogP contribution in [0.1, 0.15) is 20.9 Å². The number of para-hydroxylation sites is 1. The van der Waals surface area contributed by atoms with Crippen molar-refractivity contribution in [3.05, 3.63) is 87.2 Å². The number of aromatic nitrogens is 3. The largest absolute Gasteiger partial charge is 0.439 e. The number of pyridine rings is 1. The summed E-state index contributed by atoms with van der Waals surface area (Å²) in [6.45, 7) is 0. The number of aromatic amines is 1. The van der Waals surface area contributed by atoms with Crippen molar-refractivity contribution >= 4 is 38.8 Å². The lowest BCUT2D eigenvalue weighted by Crippen LogP contribution is -2.41. The number of nitrogens with zero attached hydrogens (tertiary/aromatic N) is 3. The minimum Gasteiger partial charge on any atom is -0.397 e. The van der Waals surface area contributed by atoms with Gasteiger partial charge in [0.2, 0.25) is 5.69 Å². The molecule has 5 rings (SSSR count). The smallest absolute Gasteiger partial charge is 0.397 e. The van der Waals surface area contributed by atoms with Crippen molar-refractivity contribution in [3.63, 3.8) is 0 Å². The van der Waals surface area contributed by atoms with Crippen molar-refractivity contribution in [2.45, 2.75) is 0 Å². The number of thiophene rings is 1. The number of carbonyl (C=O) groups is 1. The van der Waals surface area contributed by atoms with E-state index in [1.54, 1.807) is 24.3 Å². The molecule has 5 aromatic rings. The zero-order valence-corrected chi connectivity index (χ0v) is 17.7. The van der Waals surface area contributed by atoms with Crippen molar-refractivity contribution in [3.8, 4) is 22.9 Å². The lowest BCUT2D eigenvalue weighted by molar-refractivity contribution is -0.672.